The lowest BCUT2D eigenvalue weighted by molar-refractivity contribution is -0.137. The fourth-order valence-electron chi connectivity index (χ4n) is 4.40. The van der Waals surface area contributed by atoms with Crippen LogP contribution in [0, 0.1) is 11.8 Å². The molecule has 2 atom stereocenters. The van der Waals surface area contributed by atoms with E-state index in [1.807, 2.05) is 0 Å². The summed E-state index contributed by atoms with van der Waals surface area (Å²) < 4.78 is 71.6. The number of amides is 1. The summed E-state index contributed by atoms with van der Waals surface area (Å²) in [6, 6.07) is 4.73. The lowest BCUT2D eigenvalue weighted by Crippen LogP contribution is -2.43. The summed E-state index contributed by atoms with van der Waals surface area (Å²) in [7, 11) is -4.20. The first-order valence-corrected chi connectivity index (χ1v) is 12.0. The smallest absolute Gasteiger partial charge is 0.416 e. The number of likely N-dealkylation sites (tertiary alicyclic amines) is 1. The number of halogens is 3. The van der Waals surface area contributed by atoms with Gasteiger partial charge >= 0.3 is 6.18 Å². The first kappa shape index (κ1) is 23.3. The number of rotatable bonds is 3. The van der Waals surface area contributed by atoms with Gasteiger partial charge in [-0.25, -0.2) is 13.4 Å². The standard InChI is InChI=1S/C22H24F3N3O4S/c1-14-9-15(2)13-27(12-14)21(29)16-10-19-20(26-11-16)32-8-7-28(19)33(30,31)18-5-3-17(4-6-18)22(23,24)25/h3-6,10-11,14-15H,7-9,12-13H2,1-2H3. The Balaban J connectivity index is 1.66. The molecule has 2 aliphatic rings. The van der Waals surface area contributed by atoms with Crippen LogP contribution in [-0.2, 0) is 16.2 Å². The Morgan fingerprint density at radius 3 is 2.36 bits per heavy atom. The van der Waals surface area contributed by atoms with Gasteiger partial charge in [0, 0.05) is 19.3 Å². The summed E-state index contributed by atoms with van der Waals surface area (Å²) >= 11 is 0. The lowest BCUT2D eigenvalue weighted by Gasteiger charge is -2.35. The molecule has 1 aromatic heterocycles. The molecule has 0 spiro atoms. The minimum Gasteiger partial charge on any atom is -0.474 e. The van der Waals surface area contributed by atoms with E-state index in [0.717, 1.165) is 35.0 Å². The molecule has 2 aromatic rings. The van der Waals surface area contributed by atoms with Gasteiger partial charge in [0.05, 0.1) is 22.6 Å². The summed E-state index contributed by atoms with van der Waals surface area (Å²) in [6.45, 7) is 5.32. The number of aromatic nitrogens is 1. The Morgan fingerprint density at radius 2 is 1.76 bits per heavy atom. The van der Waals surface area contributed by atoms with E-state index in [0.29, 0.717) is 24.9 Å². The number of sulfonamides is 1. The number of alkyl halides is 3. The molecule has 0 radical (unpaired) electrons. The number of ether oxygens (including phenoxy) is 1. The third-order valence-electron chi connectivity index (χ3n) is 5.81. The largest absolute Gasteiger partial charge is 0.474 e. The minimum atomic E-state index is -4.57. The Bertz CT molecular complexity index is 1140. The van der Waals surface area contributed by atoms with Gasteiger partial charge in [0.15, 0.2) is 0 Å². The molecule has 1 fully saturated rings. The molecule has 1 aromatic carbocycles. The first-order valence-electron chi connectivity index (χ1n) is 10.6. The minimum absolute atomic E-state index is 0.0221. The van der Waals surface area contributed by atoms with E-state index >= 15 is 0 Å². The molecule has 178 valence electrons. The molecule has 0 bridgehead atoms. The van der Waals surface area contributed by atoms with Crippen molar-refractivity contribution >= 4 is 21.6 Å². The van der Waals surface area contributed by atoms with Crippen molar-refractivity contribution in [1.29, 1.82) is 0 Å². The molecule has 1 amide bonds. The highest BCUT2D eigenvalue weighted by Crippen LogP contribution is 2.36. The Labute approximate surface area is 190 Å². The molecule has 3 heterocycles. The zero-order valence-corrected chi connectivity index (χ0v) is 19.0. The fraction of sp³-hybridized carbons (Fsp3) is 0.455. The van der Waals surface area contributed by atoms with E-state index in [9.17, 15) is 26.4 Å². The number of carbonyl (C=O) groups is 1. The zero-order chi connectivity index (χ0) is 24.0. The number of anilines is 1. The van der Waals surface area contributed by atoms with E-state index < -0.39 is 21.8 Å². The highest BCUT2D eigenvalue weighted by molar-refractivity contribution is 7.92. The number of carbonyl (C=O) groups excluding carboxylic acids is 1. The summed E-state index contributed by atoms with van der Waals surface area (Å²) in [5.41, 5.74) is -0.623. The average molecular weight is 484 g/mol. The lowest BCUT2D eigenvalue weighted by atomic mass is 9.91. The zero-order valence-electron chi connectivity index (χ0n) is 18.2. The number of fused-ring (bicyclic) bond motifs is 1. The number of piperidine rings is 1. The predicted octanol–water partition coefficient (Wildman–Crippen LogP) is 3.81. The Kier molecular flexibility index (Phi) is 6.02. The number of nitrogens with zero attached hydrogens (tertiary/aromatic N) is 3. The van der Waals surface area contributed by atoms with Crippen molar-refractivity contribution in [3.63, 3.8) is 0 Å². The molecule has 0 N–H and O–H groups in total. The van der Waals surface area contributed by atoms with Gasteiger partial charge in [-0.15, -0.1) is 0 Å². The van der Waals surface area contributed by atoms with Crippen LogP contribution >= 0.6 is 0 Å². The molecule has 7 nitrogen and oxygen atoms in total. The van der Waals surface area contributed by atoms with Gasteiger partial charge in [0.25, 0.3) is 15.9 Å². The van der Waals surface area contributed by atoms with E-state index in [1.54, 1.807) is 4.90 Å². The highest BCUT2D eigenvalue weighted by atomic mass is 32.2. The molecule has 1 saturated heterocycles. The van der Waals surface area contributed by atoms with Crippen LogP contribution in [0.15, 0.2) is 41.4 Å². The van der Waals surface area contributed by atoms with Crippen LogP contribution in [0.3, 0.4) is 0 Å². The summed E-state index contributed by atoms with van der Waals surface area (Å²) in [5, 5.41) is 0. The molecule has 4 rings (SSSR count). The van der Waals surface area contributed by atoms with Crippen molar-refractivity contribution < 1.29 is 31.1 Å². The normalized spacial score (nSPS) is 21.4. The molecule has 2 unspecified atom stereocenters. The van der Waals surface area contributed by atoms with Crippen molar-refractivity contribution in [3.8, 4) is 5.88 Å². The van der Waals surface area contributed by atoms with Crippen molar-refractivity contribution in [1.82, 2.24) is 9.88 Å². The molecule has 2 aliphatic heterocycles. The van der Waals surface area contributed by atoms with Gasteiger partial charge < -0.3 is 9.64 Å². The number of hydrogen-bond acceptors (Lipinski definition) is 5. The van der Waals surface area contributed by atoms with E-state index in [4.69, 9.17) is 4.74 Å². The van der Waals surface area contributed by atoms with Crippen LogP contribution < -0.4 is 9.04 Å². The number of benzene rings is 1. The van der Waals surface area contributed by atoms with Gasteiger partial charge in [0.2, 0.25) is 5.88 Å². The highest BCUT2D eigenvalue weighted by Gasteiger charge is 2.35. The maximum absolute atomic E-state index is 13.2. The van der Waals surface area contributed by atoms with Crippen LogP contribution in [0.25, 0.3) is 0 Å². The third kappa shape index (κ3) is 4.64. The quantitative estimate of drug-likeness (QED) is 0.664. The first-order chi connectivity index (χ1) is 15.5. The molecule has 0 aliphatic carbocycles. The molecule has 11 heteroatoms. The van der Waals surface area contributed by atoms with E-state index in [1.165, 1.54) is 12.3 Å². The van der Waals surface area contributed by atoms with Crippen molar-refractivity contribution in [3.05, 3.63) is 47.7 Å². The molecular formula is C22H24F3N3O4S. The topological polar surface area (TPSA) is 79.8 Å². The second-order valence-electron chi connectivity index (χ2n) is 8.65. The van der Waals surface area contributed by atoms with Gasteiger partial charge in [-0.05, 0) is 48.6 Å². The maximum Gasteiger partial charge on any atom is 0.416 e. The van der Waals surface area contributed by atoms with Crippen LogP contribution in [0.4, 0.5) is 18.9 Å². The van der Waals surface area contributed by atoms with E-state index in [-0.39, 0.29) is 41.1 Å². The van der Waals surface area contributed by atoms with Crippen LogP contribution in [0.1, 0.15) is 36.2 Å². The summed E-state index contributed by atoms with van der Waals surface area (Å²) in [4.78, 5) is 18.7. The SMILES string of the molecule is CC1CC(C)CN(C(=O)c2cnc3c(c2)N(S(=O)(=O)c2ccc(C(F)(F)F)cc2)CCO3)C1. The number of hydrogen-bond donors (Lipinski definition) is 0. The van der Waals surface area contributed by atoms with Gasteiger partial charge in [-0.1, -0.05) is 13.8 Å². The van der Waals surface area contributed by atoms with Crippen molar-refractivity contribution in [2.45, 2.75) is 31.3 Å². The third-order valence-corrected chi connectivity index (χ3v) is 7.63. The molecule has 0 saturated carbocycles. The van der Waals surface area contributed by atoms with Crippen molar-refractivity contribution in [2.75, 3.05) is 30.5 Å². The monoisotopic (exact) mass is 483 g/mol. The van der Waals surface area contributed by atoms with Gasteiger partial charge in [-0.3, -0.25) is 9.10 Å². The second-order valence-corrected chi connectivity index (χ2v) is 10.5. The maximum atomic E-state index is 13.2. The summed E-state index contributed by atoms with van der Waals surface area (Å²) in [6.07, 6.45) is -2.19. The van der Waals surface area contributed by atoms with Crippen molar-refractivity contribution in [2.24, 2.45) is 11.8 Å². The molecular weight excluding hydrogens is 459 g/mol. The predicted molar refractivity (Wildman–Crippen MR) is 115 cm³/mol. The van der Waals surface area contributed by atoms with Crippen LogP contribution in [-0.4, -0.2) is 50.5 Å². The van der Waals surface area contributed by atoms with Crippen LogP contribution in [0.5, 0.6) is 5.88 Å². The van der Waals surface area contributed by atoms with Gasteiger partial charge in [0.1, 0.15) is 12.3 Å². The van der Waals surface area contributed by atoms with Gasteiger partial charge in [-0.2, -0.15) is 13.2 Å². The average Bonchev–Trinajstić information content (AvgIpc) is 2.76. The fourth-order valence-corrected chi connectivity index (χ4v) is 5.84. The molecule has 33 heavy (non-hydrogen) atoms. The Hall–Kier alpha value is -2.82. The second kappa shape index (κ2) is 8.51. The summed E-state index contributed by atoms with van der Waals surface area (Å²) in [5.74, 6) is 0.501. The number of pyridine rings is 1. The Morgan fingerprint density at radius 1 is 1.12 bits per heavy atom. The van der Waals surface area contributed by atoms with Crippen LogP contribution in [0.2, 0.25) is 0 Å². The van der Waals surface area contributed by atoms with E-state index in [2.05, 4.69) is 18.8 Å².